The average molecular weight is 306 g/mol. The molecule has 0 atom stereocenters. The van der Waals surface area contributed by atoms with E-state index in [0.717, 1.165) is 5.56 Å². The van der Waals surface area contributed by atoms with Crippen LogP contribution in [-0.4, -0.2) is 17.1 Å². The summed E-state index contributed by atoms with van der Waals surface area (Å²) in [6.07, 6.45) is -4.94. The van der Waals surface area contributed by atoms with Gasteiger partial charge in [0.25, 0.3) is 0 Å². The van der Waals surface area contributed by atoms with Crippen LogP contribution in [0.4, 0.5) is 18.9 Å². The minimum absolute atomic E-state index is 0.00872. The maximum Gasteiger partial charge on any atom is 0.471 e. The average Bonchev–Trinajstić information content (AvgIpc) is 2.90. The number of carbonyl (C=O) groups excluding carboxylic acids is 1. The first-order valence-corrected chi connectivity index (χ1v) is 6.28. The highest BCUT2D eigenvalue weighted by Crippen LogP contribution is 2.27. The van der Waals surface area contributed by atoms with E-state index in [-0.39, 0.29) is 5.69 Å². The van der Waals surface area contributed by atoms with Gasteiger partial charge < -0.3 is 9.73 Å². The first kappa shape index (κ1) is 14.1. The maximum atomic E-state index is 12.2. The number of aromatic nitrogens is 1. The minimum atomic E-state index is -4.94. The molecule has 0 radical (unpaired) electrons. The van der Waals surface area contributed by atoms with Crippen molar-refractivity contribution >= 4 is 22.7 Å². The summed E-state index contributed by atoms with van der Waals surface area (Å²) < 4.78 is 42.2. The molecule has 1 heterocycles. The summed E-state index contributed by atoms with van der Waals surface area (Å²) in [6, 6.07) is 13.2. The van der Waals surface area contributed by atoms with E-state index >= 15 is 0 Å². The number of nitrogens with one attached hydrogen (secondary N) is 1. The molecule has 2 aromatic carbocycles. The van der Waals surface area contributed by atoms with Crippen molar-refractivity contribution in [3.05, 3.63) is 48.5 Å². The molecule has 1 amide bonds. The van der Waals surface area contributed by atoms with Gasteiger partial charge in [-0.3, -0.25) is 4.79 Å². The van der Waals surface area contributed by atoms with Crippen molar-refractivity contribution in [2.75, 3.05) is 5.32 Å². The number of hydrogen-bond acceptors (Lipinski definition) is 3. The molecule has 0 fully saturated rings. The Morgan fingerprint density at radius 3 is 2.50 bits per heavy atom. The molecule has 0 aliphatic heterocycles. The predicted molar refractivity (Wildman–Crippen MR) is 74.1 cm³/mol. The van der Waals surface area contributed by atoms with E-state index in [0.29, 0.717) is 17.0 Å². The highest BCUT2D eigenvalue weighted by Gasteiger charge is 2.38. The van der Waals surface area contributed by atoms with Crippen molar-refractivity contribution in [3.63, 3.8) is 0 Å². The summed E-state index contributed by atoms with van der Waals surface area (Å²) in [7, 11) is 0. The van der Waals surface area contributed by atoms with Crippen LogP contribution in [0.25, 0.3) is 22.6 Å². The second kappa shape index (κ2) is 5.18. The Morgan fingerprint density at radius 2 is 1.82 bits per heavy atom. The number of alkyl halides is 3. The maximum absolute atomic E-state index is 12.2. The first-order chi connectivity index (χ1) is 10.4. The molecule has 3 aromatic rings. The summed E-state index contributed by atoms with van der Waals surface area (Å²) in [5, 5.41) is 1.77. The number of halogens is 3. The molecule has 4 nitrogen and oxygen atoms in total. The lowest BCUT2D eigenvalue weighted by molar-refractivity contribution is -0.167. The fourth-order valence-electron chi connectivity index (χ4n) is 1.91. The van der Waals surface area contributed by atoms with Gasteiger partial charge in [0, 0.05) is 17.3 Å². The van der Waals surface area contributed by atoms with Gasteiger partial charge in [0.05, 0.1) is 0 Å². The van der Waals surface area contributed by atoms with E-state index in [4.69, 9.17) is 4.42 Å². The zero-order valence-corrected chi connectivity index (χ0v) is 11.0. The van der Waals surface area contributed by atoms with Crippen LogP contribution < -0.4 is 5.32 Å². The van der Waals surface area contributed by atoms with Gasteiger partial charge in [0.2, 0.25) is 5.89 Å². The number of amides is 1. The van der Waals surface area contributed by atoms with Crippen LogP contribution in [0.1, 0.15) is 0 Å². The van der Waals surface area contributed by atoms with Gasteiger partial charge >= 0.3 is 12.1 Å². The molecule has 0 aliphatic rings. The first-order valence-electron chi connectivity index (χ1n) is 6.28. The molecule has 0 saturated carbocycles. The van der Waals surface area contributed by atoms with Crippen LogP contribution >= 0.6 is 0 Å². The van der Waals surface area contributed by atoms with Crippen LogP contribution in [-0.2, 0) is 4.79 Å². The van der Waals surface area contributed by atoms with E-state index in [1.807, 2.05) is 18.2 Å². The molecule has 0 spiro atoms. The summed E-state index contributed by atoms with van der Waals surface area (Å²) in [6.45, 7) is 0. The van der Waals surface area contributed by atoms with Gasteiger partial charge in [0.1, 0.15) is 5.52 Å². The van der Waals surface area contributed by atoms with Crippen molar-refractivity contribution in [2.24, 2.45) is 0 Å². The van der Waals surface area contributed by atoms with Crippen molar-refractivity contribution < 1.29 is 22.4 Å². The molecular weight excluding hydrogens is 297 g/mol. The number of fused-ring (bicyclic) bond motifs is 1. The van der Waals surface area contributed by atoms with Crippen molar-refractivity contribution in [3.8, 4) is 11.5 Å². The number of hydrogen-bond donors (Lipinski definition) is 1. The fourth-order valence-corrected chi connectivity index (χ4v) is 1.91. The van der Waals surface area contributed by atoms with E-state index in [2.05, 4.69) is 4.98 Å². The molecular formula is C15H9F3N2O2. The number of benzene rings is 2. The normalized spacial score (nSPS) is 11.6. The lowest BCUT2D eigenvalue weighted by Gasteiger charge is -2.07. The van der Waals surface area contributed by atoms with E-state index < -0.39 is 12.1 Å². The van der Waals surface area contributed by atoms with Gasteiger partial charge in [0.15, 0.2) is 5.58 Å². The summed E-state index contributed by atoms with van der Waals surface area (Å²) in [5.41, 5.74) is 1.52. The Balaban J connectivity index is 1.92. The van der Waals surface area contributed by atoms with Crippen LogP contribution in [0.2, 0.25) is 0 Å². The number of oxazole rings is 1. The summed E-state index contributed by atoms with van der Waals surface area (Å²) in [5.74, 6) is -1.68. The number of anilines is 1. The molecule has 0 unspecified atom stereocenters. The molecule has 1 N–H and O–H groups in total. The Morgan fingerprint density at radius 1 is 1.09 bits per heavy atom. The van der Waals surface area contributed by atoms with Gasteiger partial charge in [-0.1, -0.05) is 18.2 Å². The van der Waals surface area contributed by atoms with Crippen molar-refractivity contribution in [1.29, 1.82) is 0 Å². The monoisotopic (exact) mass is 306 g/mol. The van der Waals surface area contributed by atoms with Crippen molar-refractivity contribution in [1.82, 2.24) is 4.98 Å². The molecule has 22 heavy (non-hydrogen) atoms. The van der Waals surface area contributed by atoms with Gasteiger partial charge in [-0.2, -0.15) is 13.2 Å². The summed E-state index contributed by atoms with van der Waals surface area (Å²) in [4.78, 5) is 15.2. The molecule has 0 bridgehead atoms. The molecule has 7 heteroatoms. The highest BCUT2D eigenvalue weighted by molar-refractivity contribution is 5.96. The van der Waals surface area contributed by atoms with E-state index in [1.165, 1.54) is 18.2 Å². The topological polar surface area (TPSA) is 55.1 Å². The molecule has 1 aromatic heterocycles. The van der Waals surface area contributed by atoms with Gasteiger partial charge in [-0.25, -0.2) is 4.98 Å². The standard InChI is InChI=1S/C15H9F3N2O2/c16-15(17,18)14(21)19-10-6-7-11-12(8-10)22-13(20-11)9-4-2-1-3-5-9/h1-8H,(H,19,21). The summed E-state index contributed by atoms with van der Waals surface area (Å²) >= 11 is 0. The number of nitrogens with zero attached hydrogens (tertiary/aromatic N) is 1. The van der Waals surface area contributed by atoms with Crippen LogP contribution in [0.15, 0.2) is 52.9 Å². The lowest BCUT2D eigenvalue weighted by Crippen LogP contribution is -2.29. The third-order valence-electron chi connectivity index (χ3n) is 2.92. The van der Waals surface area contributed by atoms with E-state index in [9.17, 15) is 18.0 Å². The Kier molecular flexibility index (Phi) is 3.32. The predicted octanol–water partition coefficient (Wildman–Crippen LogP) is 4.00. The molecule has 112 valence electrons. The zero-order chi connectivity index (χ0) is 15.7. The molecule has 0 saturated heterocycles. The van der Waals surface area contributed by atoms with Gasteiger partial charge in [-0.15, -0.1) is 0 Å². The second-order valence-corrected chi connectivity index (χ2v) is 4.52. The largest absolute Gasteiger partial charge is 0.471 e. The second-order valence-electron chi connectivity index (χ2n) is 4.52. The van der Waals surface area contributed by atoms with Gasteiger partial charge in [-0.05, 0) is 24.3 Å². The lowest BCUT2D eigenvalue weighted by atomic mass is 10.2. The smallest absolute Gasteiger partial charge is 0.436 e. The highest BCUT2D eigenvalue weighted by atomic mass is 19.4. The van der Waals surface area contributed by atoms with Crippen LogP contribution in [0.3, 0.4) is 0 Å². The Labute approximate surface area is 122 Å². The zero-order valence-electron chi connectivity index (χ0n) is 11.0. The quantitative estimate of drug-likeness (QED) is 0.778. The molecule has 0 aliphatic carbocycles. The third-order valence-corrected chi connectivity index (χ3v) is 2.92. The minimum Gasteiger partial charge on any atom is -0.436 e. The van der Waals surface area contributed by atoms with E-state index in [1.54, 1.807) is 17.4 Å². The SMILES string of the molecule is O=C(Nc1ccc2nc(-c3ccccc3)oc2c1)C(F)(F)F. The van der Waals surface area contributed by atoms with Crippen molar-refractivity contribution in [2.45, 2.75) is 6.18 Å². The fraction of sp³-hybridized carbons (Fsp3) is 0.0667. The third kappa shape index (κ3) is 2.78. The Hall–Kier alpha value is -2.83. The van der Waals surface area contributed by atoms with Crippen LogP contribution in [0, 0.1) is 0 Å². The van der Waals surface area contributed by atoms with Crippen LogP contribution in [0.5, 0.6) is 0 Å². The number of carbonyl (C=O) groups is 1. The number of rotatable bonds is 2. The molecule has 3 rings (SSSR count). The Bertz CT molecular complexity index is 826.